The zero-order chi connectivity index (χ0) is 14.5. The molecule has 0 amide bonds. The van der Waals surface area contributed by atoms with Crippen molar-refractivity contribution >= 4 is 34.3 Å². The van der Waals surface area contributed by atoms with E-state index in [0.717, 1.165) is 6.42 Å². The molecule has 2 rings (SSSR count). The first-order valence-electron chi connectivity index (χ1n) is 6.74. The molecule has 2 nitrogen and oxygen atoms in total. The summed E-state index contributed by atoms with van der Waals surface area (Å²) in [6, 6.07) is 16.2. The molecule has 0 heterocycles. The first-order chi connectivity index (χ1) is 9.54. The Morgan fingerprint density at radius 2 is 1.50 bits per heavy atom. The summed E-state index contributed by atoms with van der Waals surface area (Å²) in [5.41, 5.74) is 1.75. The Morgan fingerprint density at radius 3 is 1.95 bits per heavy atom. The van der Waals surface area contributed by atoms with Gasteiger partial charge in [0.05, 0.1) is 0 Å². The Bertz CT molecular complexity index is 571. The number of rotatable bonds is 5. The molecule has 0 aliphatic carbocycles. The summed E-state index contributed by atoms with van der Waals surface area (Å²) >= 11 is -0.812. The normalized spacial score (nSPS) is 10.8. The second-order valence-electron chi connectivity index (χ2n) is 5.30. The molecule has 0 aromatic heterocycles. The van der Waals surface area contributed by atoms with E-state index >= 15 is 0 Å². The summed E-state index contributed by atoms with van der Waals surface area (Å²) in [6.45, 7) is 4.46. The van der Waals surface area contributed by atoms with Crippen LogP contribution >= 0.6 is 0 Å². The molecule has 1 N–H and O–H groups in total. The van der Waals surface area contributed by atoms with Crippen molar-refractivity contribution in [2.24, 2.45) is 5.92 Å². The first-order valence-corrected chi connectivity index (χ1v) is 9.59. The van der Waals surface area contributed by atoms with Crippen molar-refractivity contribution in [2.45, 2.75) is 20.3 Å². The Kier molecular flexibility index (Phi) is 5.23. The van der Waals surface area contributed by atoms with Gasteiger partial charge in [-0.25, -0.2) is 0 Å². The molecule has 0 fully saturated rings. The Morgan fingerprint density at radius 1 is 1.00 bits per heavy atom. The van der Waals surface area contributed by atoms with Gasteiger partial charge in [0.2, 0.25) is 0 Å². The van der Waals surface area contributed by atoms with E-state index in [9.17, 15) is 4.79 Å². The van der Waals surface area contributed by atoms with E-state index in [1.54, 1.807) is 12.1 Å². The van der Waals surface area contributed by atoms with Crippen LogP contribution < -0.4 is 7.16 Å². The van der Waals surface area contributed by atoms with Crippen LogP contribution in [0.3, 0.4) is 0 Å². The predicted octanol–water partition coefficient (Wildman–Crippen LogP) is 2.24. The fourth-order valence-corrected chi connectivity index (χ4v) is 4.91. The topological polar surface area (TPSA) is 37.3 Å². The van der Waals surface area contributed by atoms with Crippen molar-refractivity contribution in [1.82, 2.24) is 0 Å². The van der Waals surface area contributed by atoms with Gasteiger partial charge in [-0.3, -0.25) is 0 Å². The van der Waals surface area contributed by atoms with Crippen molar-refractivity contribution in [1.29, 1.82) is 0 Å². The molecule has 0 spiro atoms. The standard InChI is InChI=1S/C10H13.C7H5O2.Sn/c1-9(2)8-10-6-4-3-5-7-10;8-7(9)6-4-2-1-3-5-6;/h4-7,9H,8H2,1-2H3;2-5H,(H,8,9);. The zero-order valence-corrected chi connectivity index (χ0v) is 14.6. The van der Waals surface area contributed by atoms with Gasteiger partial charge in [-0.05, 0) is 0 Å². The first kappa shape index (κ1) is 15.1. The molecule has 2 aromatic carbocycles. The van der Waals surface area contributed by atoms with Crippen LogP contribution in [0.15, 0.2) is 48.5 Å². The van der Waals surface area contributed by atoms with E-state index in [1.165, 1.54) is 12.7 Å². The summed E-state index contributed by atoms with van der Waals surface area (Å²) < 4.78 is 2.72. The van der Waals surface area contributed by atoms with Crippen LogP contribution in [-0.4, -0.2) is 32.2 Å². The van der Waals surface area contributed by atoms with Gasteiger partial charge in [0.15, 0.2) is 0 Å². The van der Waals surface area contributed by atoms with Crippen LogP contribution in [0.2, 0.25) is 0 Å². The van der Waals surface area contributed by atoms with Crippen LogP contribution in [0.1, 0.15) is 29.8 Å². The Hall–Kier alpha value is -1.29. The molecule has 0 saturated heterocycles. The average molecular weight is 373 g/mol. The zero-order valence-electron chi connectivity index (χ0n) is 11.8. The molecular formula is C17H18O2Sn. The minimum absolute atomic E-state index is 0.361. The van der Waals surface area contributed by atoms with Crippen LogP contribution in [0.4, 0.5) is 0 Å². The third-order valence-electron chi connectivity index (χ3n) is 3.02. The summed E-state index contributed by atoms with van der Waals surface area (Å²) in [6.07, 6.45) is 1.12. The molecule has 0 aliphatic rings. The van der Waals surface area contributed by atoms with Gasteiger partial charge >= 0.3 is 130 Å². The van der Waals surface area contributed by atoms with Crippen molar-refractivity contribution in [3.05, 3.63) is 59.7 Å². The van der Waals surface area contributed by atoms with Crippen LogP contribution in [-0.2, 0) is 6.42 Å². The van der Waals surface area contributed by atoms with Crippen molar-refractivity contribution < 1.29 is 9.90 Å². The van der Waals surface area contributed by atoms with Gasteiger partial charge in [-0.15, -0.1) is 0 Å². The van der Waals surface area contributed by atoms with E-state index in [1.807, 2.05) is 12.1 Å². The minimum atomic E-state index is -0.861. The second kappa shape index (κ2) is 6.93. The molecule has 0 saturated carbocycles. The van der Waals surface area contributed by atoms with Crippen LogP contribution in [0.25, 0.3) is 0 Å². The maximum absolute atomic E-state index is 10.8. The number of benzene rings is 2. The third kappa shape index (κ3) is 4.37. The monoisotopic (exact) mass is 374 g/mol. The van der Waals surface area contributed by atoms with Gasteiger partial charge in [-0.1, -0.05) is 0 Å². The quantitative estimate of drug-likeness (QED) is 0.817. The molecule has 2 aromatic rings. The average Bonchev–Trinajstić information content (AvgIpc) is 2.41. The van der Waals surface area contributed by atoms with Gasteiger partial charge in [0.25, 0.3) is 0 Å². The van der Waals surface area contributed by atoms with Crippen molar-refractivity contribution in [2.75, 3.05) is 0 Å². The van der Waals surface area contributed by atoms with E-state index < -0.39 is 27.1 Å². The second-order valence-corrected chi connectivity index (χ2v) is 9.31. The van der Waals surface area contributed by atoms with E-state index in [2.05, 4.69) is 38.1 Å². The summed E-state index contributed by atoms with van der Waals surface area (Å²) in [5.74, 6) is -0.176. The maximum atomic E-state index is 10.8. The Labute approximate surface area is 130 Å². The molecular weight excluding hydrogens is 355 g/mol. The summed E-state index contributed by atoms with van der Waals surface area (Å²) in [7, 11) is 0. The molecule has 2 radical (unpaired) electrons. The number of hydrogen-bond donors (Lipinski definition) is 1. The molecule has 0 aliphatic heterocycles. The number of carboxylic acids is 1. The molecule has 20 heavy (non-hydrogen) atoms. The van der Waals surface area contributed by atoms with Crippen LogP contribution in [0.5, 0.6) is 0 Å². The SMILES string of the molecule is CC(C)Cc1cc[c]([Sn][c]2ccc(C(=O)O)cc2)cc1. The van der Waals surface area contributed by atoms with E-state index in [4.69, 9.17) is 5.11 Å². The van der Waals surface area contributed by atoms with Gasteiger partial charge in [0.1, 0.15) is 0 Å². The number of carbonyl (C=O) groups is 1. The van der Waals surface area contributed by atoms with Gasteiger partial charge < -0.3 is 0 Å². The molecule has 0 bridgehead atoms. The number of aromatic carboxylic acids is 1. The summed E-state index contributed by atoms with van der Waals surface area (Å²) in [5, 5.41) is 8.88. The van der Waals surface area contributed by atoms with E-state index in [-0.39, 0.29) is 0 Å². The van der Waals surface area contributed by atoms with Crippen molar-refractivity contribution in [3.8, 4) is 0 Å². The number of hydrogen-bond acceptors (Lipinski definition) is 1. The fraction of sp³-hybridized carbons (Fsp3) is 0.235. The summed E-state index contributed by atoms with van der Waals surface area (Å²) in [4.78, 5) is 10.8. The molecule has 0 atom stereocenters. The van der Waals surface area contributed by atoms with Crippen molar-refractivity contribution in [3.63, 3.8) is 0 Å². The van der Waals surface area contributed by atoms with Gasteiger partial charge in [0, 0.05) is 0 Å². The molecule has 0 unspecified atom stereocenters. The molecule has 102 valence electrons. The number of carboxylic acid groups (broad SMARTS) is 1. The Balaban J connectivity index is 2.04. The fourth-order valence-electron chi connectivity index (χ4n) is 2.06. The predicted molar refractivity (Wildman–Crippen MR) is 83.4 cm³/mol. The molecule has 3 heteroatoms. The van der Waals surface area contributed by atoms with Crippen LogP contribution in [0, 0.1) is 5.92 Å². The van der Waals surface area contributed by atoms with Gasteiger partial charge in [-0.2, -0.15) is 0 Å². The van der Waals surface area contributed by atoms with E-state index in [0.29, 0.717) is 11.5 Å². The third-order valence-corrected chi connectivity index (χ3v) is 6.57.